The van der Waals surface area contributed by atoms with E-state index in [4.69, 9.17) is 0 Å². The lowest BCUT2D eigenvalue weighted by atomic mass is 10.2. The normalized spacial score (nSPS) is 12.7. The van der Waals surface area contributed by atoms with E-state index in [1.54, 1.807) is 24.9 Å². The topological polar surface area (TPSA) is 33.1 Å². The third kappa shape index (κ3) is 2.45. The molecule has 0 bridgehead atoms. The second-order valence-electron chi connectivity index (χ2n) is 3.47. The first kappa shape index (κ1) is 11.6. The van der Waals surface area contributed by atoms with Crippen molar-refractivity contribution >= 4 is 23.1 Å². The summed E-state index contributed by atoms with van der Waals surface area (Å²) in [4.78, 5) is 6.47. The zero-order chi connectivity index (χ0) is 11.5. The molecule has 0 radical (unpaired) electrons. The maximum Gasteiger partial charge on any atom is 0.123 e. The third-order valence-electron chi connectivity index (χ3n) is 2.27. The van der Waals surface area contributed by atoms with Crippen LogP contribution < -0.4 is 0 Å². The number of hydrogen-bond donors (Lipinski definition) is 1. The van der Waals surface area contributed by atoms with E-state index in [0.29, 0.717) is 0 Å². The van der Waals surface area contributed by atoms with Crippen molar-refractivity contribution in [2.45, 2.75) is 17.9 Å². The summed E-state index contributed by atoms with van der Waals surface area (Å²) >= 11 is 3.27. The number of aliphatic hydroxyl groups excluding tert-OH is 1. The van der Waals surface area contributed by atoms with Crippen molar-refractivity contribution in [2.24, 2.45) is 0 Å². The van der Waals surface area contributed by atoms with Crippen LogP contribution in [0.2, 0.25) is 0 Å². The molecule has 0 saturated carbocycles. The Morgan fingerprint density at radius 3 is 2.50 bits per heavy atom. The lowest BCUT2D eigenvalue weighted by Gasteiger charge is -1.99. The Bertz CT molecular complexity index is 462. The summed E-state index contributed by atoms with van der Waals surface area (Å²) in [6.45, 7) is 1.76. The first-order chi connectivity index (χ1) is 7.70. The summed E-state index contributed by atoms with van der Waals surface area (Å²) in [5.41, 5.74) is 1.11. The molecule has 2 nitrogen and oxygen atoms in total. The van der Waals surface area contributed by atoms with E-state index in [2.05, 4.69) is 35.5 Å². The molecule has 1 aromatic heterocycles. The summed E-state index contributed by atoms with van der Waals surface area (Å²) < 4.78 is 0. The largest absolute Gasteiger partial charge is 0.388 e. The van der Waals surface area contributed by atoms with E-state index < -0.39 is 6.10 Å². The van der Waals surface area contributed by atoms with Crippen LogP contribution in [0.25, 0.3) is 10.6 Å². The van der Waals surface area contributed by atoms with E-state index in [9.17, 15) is 5.11 Å². The summed E-state index contributed by atoms with van der Waals surface area (Å²) in [5.74, 6) is 0. The van der Waals surface area contributed by atoms with Gasteiger partial charge in [0.25, 0.3) is 0 Å². The highest BCUT2D eigenvalue weighted by atomic mass is 32.2. The molecule has 1 unspecified atom stereocenters. The van der Waals surface area contributed by atoms with E-state index in [1.165, 1.54) is 16.2 Å². The van der Waals surface area contributed by atoms with Crippen LogP contribution in [-0.2, 0) is 0 Å². The van der Waals surface area contributed by atoms with Gasteiger partial charge in [-0.05, 0) is 25.3 Å². The Kier molecular flexibility index (Phi) is 3.63. The lowest BCUT2D eigenvalue weighted by molar-refractivity contribution is 0.203. The molecule has 2 aromatic rings. The molecular formula is C12H13NOS2. The SMILES string of the molecule is CSc1ccc(-c2ncc(C(C)O)s2)cc1. The van der Waals surface area contributed by atoms with Gasteiger partial charge in [0.1, 0.15) is 5.01 Å². The molecule has 1 atom stereocenters. The zero-order valence-electron chi connectivity index (χ0n) is 9.18. The Balaban J connectivity index is 2.28. The predicted molar refractivity (Wildman–Crippen MR) is 70.0 cm³/mol. The Morgan fingerprint density at radius 1 is 1.31 bits per heavy atom. The number of aliphatic hydroxyl groups is 1. The monoisotopic (exact) mass is 251 g/mol. The number of benzene rings is 1. The number of nitrogens with zero attached hydrogens (tertiary/aromatic N) is 1. The highest BCUT2D eigenvalue weighted by Crippen LogP contribution is 2.29. The van der Waals surface area contributed by atoms with Crippen LogP contribution in [-0.4, -0.2) is 16.3 Å². The fourth-order valence-corrected chi connectivity index (χ4v) is 2.61. The number of thioether (sulfide) groups is 1. The van der Waals surface area contributed by atoms with E-state index in [0.717, 1.165) is 15.4 Å². The van der Waals surface area contributed by atoms with E-state index >= 15 is 0 Å². The molecule has 0 aliphatic heterocycles. The Morgan fingerprint density at radius 2 is 2.00 bits per heavy atom. The molecule has 0 aliphatic rings. The van der Waals surface area contributed by atoms with Crippen molar-refractivity contribution in [1.82, 2.24) is 4.98 Å². The Hall–Kier alpha value is -0.840. The second-order valence-corrected chi connectivity index (χ2v) is 5.41. The van der Waals surface area contributed by atoms with Gasteiger partial charge in [-0.2, -0.15) is 0 Å². The van der Waals surface area contributed by atoms with Gasteiger partial charge in [0.05, 0.1) is 11.0 Å². The summed E-state index contributed by atoms with van der Waals surface area (Å²) in [7, 11) is 0. The molecule has 2 rings (SSSR count). The molecule has 0 fully saturated rings. The minimum Gasteiger partial charge on any atom is -0.388 e. The molecule has 0 amide bonds. The van der Waals surface area contributed by atoms with Crippen molar-refractivity contribution in [3.05, 3.63) is 35.3 Å². The van der Waals surface area contributed by atoms with E-state index in [-0.39, 0.29) is 0 Å². The first-order valence-corrected chi connectivity index (χ1v) is 7.03. The molecule has 0 saturated heterocycles. The molecule has 0 aliphatic carbocycles. The fraction of sp³-hybridized carbons (Fsp3) is 0.250. The van der Waals surface area contributed by atoms with Gasteiger partial charge in [-0.1, -0.05) is 12.1 Å². The van der Waals surface area contributed by atoms with Crippen LogP contribution in [0, 0.1) is 0 Å². The predicted octanol–water partition coefficient (Wildman–Crippen LogP) is 3.59. The number of hydrogen-bond acceptors (Lipinski definition) is 4. The number of aromatic nitrogens is 1. The minimum absolute atomic E-state index is 0.434. The lowest BCUT2D eigenvalue weighted by Crippen LogP contribution is -1.83. The van der Waals surface area contributed by atoms with Crippen molar-refractivity contribution in [3.63, 3.8) is 0 Å². The smallest absolute Gasteiger partial charge is 0.123 e. The molecule has 0 spiro atoms. The standard InChI is InChI=1S/C12H13NOS2/c1-8(14)11-7-13-12(16-11)9-3-5-10(15-2)6-4-9/h3-8,14H,1-2H3. The molecule has 1 heterocycles. The minimum atomic E-state index is -0.434. The zero-order valence-corrected chi connectivity index (χ0v) is 10.8. The highest BCUT2D eigenvalue weighted by Gasteiger charge is 2.08. The second kappa shape index (κ2) is 4.99. The molecular weight excluding hydrogens is 238 g/mol. The van der Waals surface area contributed by atoms with Crippen molar-refractivity contribution < 1.29 is 5.11 Å². The molecule has 4 heteroatoms. The summed E-state index contributed by atoms with van der Waals surface area (Å²) in [5, 5.41) is 10.4. The van der Waals surface area contributed by atoms with Crippen LogP contribution in [0.15, 0.2) is 35.4 Å². The summed E-state index contributed by atoms with van der Waals surface area (Å²) in [6.07, 6.45) is 3.37. The van der Waals surface area contributed by atoms with Gasteiger partial charge in [-0.15, -0.1) is 23.1 Å². The third-order valence-corrected chi connectivity index (χ3v) is 4.23. The van der Waals surface area contributed by atoms with Gasteiger partial charge < -0.3 is 5.11 Å². The quantitative estimate of drug-likeness (QED) is 0.846. The van der Waals surface area contributed by atoms with Crippen LogP contribution in [0.1, 0.15) is 17.9 Å². The average Bonchev–Trinajstić information content (AvgIpc) is 2.78. The number of thiazole rings is 1. The van der Waals surface area contributed by atoms with E-state index in [1.807, 2.05) is 0 Å². The molecule has 1 N–H and O–H groups in total. The van der Waals surface area contributed by atoms with Gasteiger partial charge >= 0.3 is 0 Å². The maximum atomic E-state index is 9.43. The maximum absolute atomic E-state index is 9.43. The number of rotatable bonds is 3. The average molecular weight is 251 g/mol. The van der Waals surface area contributed by atoms with Crippen LogP contribution >= 0.6 is 23.1 Å². The molecule has 1 aromatic carbocycles. The van der Waals surface area contributed by atoms with Gasteiger partial charge in [-0.3, -0.25) is 0 Å². The van der Waals surface area contributed by atoms with Crippen molar-refractivity contribution in [1.29, 1.82) is 0 Å². The molecule has 16 heavy (non-hydrogen) atoms. The van der Waals surface area contributed by atoms with Gasteiger partial charge in [0, 0.05) is 16.7 Å². The Labute approximate surface area is 103 Å². The van der Waals surface area contributed by atoms with Crippen molar-refractivity contribution in [2.75, 3.05) is 6.26 Å². The molecule has 84 valence electrons. The van der Waals surface area contributed by atoms with Gasteiger partial charge in [0.2, 0.25) is 0 Å². The van der Waals surface area contributed by atoms with Crippen molar-refractivity contribution in [3.8, 4) is 10.6 Å². The van der Waals surface area contributed by atoms with Crippen LogP contribution in [0.3, 0.4) is 0 Å². The summed E-state index contributed by atoms with van der Waals surface area (Å²) in [6, 6.07) is 8.31. The van der Waals surface area contributed by atoms with Gasteiger partial charge in [-0.25, -0.2) is 4.98 Å². The fourth-order valence-electron chi connectivity index (χ4n) is 1.35. The first-order valence-electron chi connectivity index (χ1n) is 4.99. The highest BCUT2D eigenvalue weighted by molar-refractivity contribution is 7.98. The van der Waals surface area contributed by atoms with Crippen LogP contribution in [0.5, 0.6) is 0 Å². The van der Waals surface area contributed by atoms with Crippen LogP contribution in [0.4, 0.5) is 0 Å². The van der Waals surface area contributed by atoms with Gasteiger partial charge in [0.15, 0.2) is 0 Å².